The molecule has 1 N–H and O–H groups in total. The lowest BCUT2D eigenvalue weighted by atomic mass is 9.89. The zero-order chi connectivity index (χ0) is 8.48. The first-order valence-electron chi connectivity index (χ1n) is 3.89. The van der Waals surface area contributed by atoms with Gasteiger partial charge in [0.2, 0.25) is 0 Å². The SMILES string of the molecule is C[C@@](O)(CCl)[C@H]1CCCC1=O. The number of Topliss-reactive ketones (excluding diaryl/α,β-unsaturated/α-hetero) is 1. The Morgan fingerprint density at radius 2 is 2.45 bits per heavy atom. The highest BCUT2D eigenvalue weighted by atomic mass is 35.5. The number of aliphatic hydroxyl groups is 1. The molecule has 0 spiro atoms. The van der Waals surface area contributed by atoms with Crippen molar-refractivity contribution >= 4 is 17.4 Å². The van der Waals surface area contributed by atoms with E-state index < -0.39 is 5.60 Å². The van der Waals surface area contributed by atoms with Crippen molar-refractivity contribution in [2.75, 3.05) is 5.88 Å². The summed E-state index contributed by atoms with van der Waals surface area (Å²) in [5, 5.41) is 9.64. The van der Waals surface area contributed by atoms with Gasteiger partial charge in [0.25, 0.3) is 0 Å². The normalized spacial score (nSPS) is 30.5. The summed E-state index contributed by atoms with van der Waals surface area (Å²) in [7, 11) is 0. The predicted octanol–water partition coefficient (Wildman–Crippen LogP) is 1.35. The molecule has 0 saturated heterocycles. The van der Waals surface area contributed by atoms with Crippen LogP contribution in [0, 0.1) is 5.92 Å². The Kier molecular flexibility index (Phi) is 2.55. The van der Waals surface area contributed by atoms with Gasteiger partial charge in [-0.1, -0.05) is 0 Å². The summed E-state index contributed by atoms with van der Waals surface area (Å²) < 4.78 is 0. The maximum absolute atomic E-state index is 11.2. The van der Waals surface area contributed by atoms with Crippen molar-refractivity contribution in [2.45, 2.75) is 31.8 Å². The summed E-state index contributed by atoms with van der Waals surface area (Å²) in [5.41, 5.74) is -0.991. The van der Waals surface area contributed by atoms with E-state index in [1.807, 2.05) is 0 Å². The number of halogens is 1. The van der Waals surface area contributed by atoms with Crippen LogP contribution in [0.1, 0.15) is 26.2 Å². The average Bonchev–Trinajstić information content (AvgIpc) is 2.36. The molecule has 2 atom stereocenters. The highest BCUT2D eigenvalue weighted by Crippen LogP contribution is 2.31. The van der Waals surface area contributed by atoms with Crippen LogP contribution < -0.4 is 0 Å². The number of alkyl halides is 1. The van der Waals surface area contributed by atoms with Gasteiger partial charge >= 0.3 is 0 Å². The molecular formula is C8H13ClO2. The average molecular weight is 177 g/mol. The number of hydrogen-bond acceptors (Lipinski definition) is 2. The van der Waals surface area contributed by atoms with E-state index in [4.69, 9.17) is 11.6 Å². The van der Waals surface area contributed by atoms with Gasteiger partial charge < -0.3 is 5.11 Å². The third-order valence-corrected chi connectivity index (χ3v) is 2.87. The molecule has 1 rings (SSSR count). The largest absolute Gasteiger partial charge is 0.388 e. The van der Waals surface area contributed by atoms with Gasteiger partial charge in [-0.3, -0.25) is 4.79 Å². The van der Waals surface area contributed by atoms with Crippen LogP contribution in [0.15, 0.2) is 0 Å². The zero-order valence-electron chi connectivity index (χ0n) is 6.64. The monoisotopic (exact) mass is 176 g/mol. The lowest BCUT2D eigenvalue weighted by Crippen LogP contribution is -2.38. The van der Waals surface area contributed by atoms with E-state index in [9.17, 15) is 9.90 Å². The van der Waals surface area contributed by atoms with Crippen molar-refractivity contribution in [2.24, 2.45) is 5.92 Å². The smallest absolute Gasteiger partial charge is 0.138 e. The fourth-order valence-corrected chi connectivity index (χ4v) is 1.75. The van der Waals surface area contributed by atoms with E-state index in [0.29, 0.717) is 6.42 Å². The van der Waals surface area contributed by atoms with Crippen LogP contribution in [0.2, 0.25) is 0 Å². The standard InChI is InChI=1S/C8H13ClO2/c1-8(11,5-9)6-3-2-4-7(6)10/h6,11H,2-5H2,1H3/t6-,8+/m0/s1. The second-order valence-electron chi connectivity index (χ2n) is 3.40. The minimum Gasteiger partial charge on any atom is -0.388 e. The van der Waals surface area contributed by atoms with Crippen LogP contribution in [-0.4, -0.2) is 22.4 Å². The quantitative estimate of drug-likeness (QED) is 0.645. The molecule has 0 heterocycles. The molecule has 0 aromatic carbocycles. The Hall–Kier alpha value is -0.0800. The molecule has 0 aromatic rings. The van der Waals surface area contributed by atoms with Crippen LogP contribution in [0.3, 0.4) is 0 Å². The molecule has 1 fully saturated rings. The first-order valence-corrected chi connectivity index (χ1v) is 4.42. The topological polar surface area (TPSA) is 37.3 Å². The number of ketones is 1. The van der Waals surface area contributed by atoms with Crippen LogP contribution in [0.5, 0.6) is 0 Å². The second-order valence-corrected chi connectivity index (χ2v) is 3.67. The van der Waals surface area contributed by atoms with Gasteiger partial charge in [-0.05, 0) is 19.8 Å². The minimum atomic E-state index is -0.991. The zero-order valence-corrected chi connectivity index (χ0v) is 7.40. The van der Waals surface area contributed by atoms with Crippen molar-refractivity contribution in [1.29, 1.82) is 0 Å². The fourth-order valence-electron chi connectivity index (χ4n) is 1.57. The summed E-state index contributed by atoms with van der Waals surface area (Å²) >= 11 is 5.54. The molecule has 0 amide bonds. The lowest BCUT2D eigenvalue weighted by Gasteiger charge is -2.25. The van der Waals surface area contributed by atoms with Gasteiger partial charge in [0.15, 0.2) is 0 Å². The Labute approximate surface area is 71.5 Å². The Morgan fingerprint density at radius 3 is 2.82 bits per heavy atom. The number of carbonyl (C=O) groups is 1. The Bertz CT molecular complexity index is 165. The highest BCUT2D eigenvalue weighted by Gasteiger charge is 2.38. The van der Waals surface area contributed by atoms with Crippen LogP contribution in [0.4, 0.5) is 0 Å². The summed E-state index contributed by atoms with van der Waals surface area (Å²) in [4.78, 5) is 11.2. The summed E-state index contributed by atoms with van der Waals surface area (Å²) in [6.07, 6.45) is 2.30. The van der Waals surface area contributed by atoms with Crippen LogP contribution in [-0.2, 0) is 4.79 Å². The summed E-state index contributed by atoms with van der Waals surface area (Å²) in [5.74, 6) is 0.0827. The van der Waals surface area contributed by atoms with E-state index in [-0.39, 0.29) is 17.6 Å². The maximum Gasteiger partial charge on any atom is 0.138 e. The molecule has 0 unspecified atom stereocenters. The first-order chi connectivity index (χ1) is 5.08. The van der Waals surface area contributed by atoms with Crippen molar-refractivity contribution in [3.63, 3.8) is 0 Å². The van der Waals surface area contributed by atoms with Gasteiger partial charge in [-0.15, -0.1) is 11.6 Å². The molecule has 64 valence electrons. The van der Waals surface area contributed by atoms with Crippen molar-refractivity contribution in [3.05, 3.63) is 0 Å². The molecule has 0 bridgehead atoms. The third-order valence-electron chi connectivity index (χ3n) is 2.33. The van der Waals surface area contributed by atoms with Crippen molar-refractivity contribution in [1.82, 2.24) is 0 Å². The molecule has 3 heteroatoms. The van der Waals surface area contributed by atoms with Gasteiger partial charge in [0, 0.05) is 12.3 Å². The summed E-state index contributed by atoms with van der Waals surface area (Å²) in [6, 6.07) is 0. The molecule has 1 saturated carbocycles. The molecule has 0 aromatic heterocycles. The number of hydrogen-bond donors (Lipinski definition) is 1. The van der Waals surface area contributed by atoms with E-state index in [0.717, 1.165) is 12.8 Å². The van der Waals surface area contributed by atoms with Gasteiger partial charge in [-0.2, -0.15) is 0 Å². The number of carbonyl (C=O) groups excluding carboxylic acids is 1. The van der Waals surface area contributed by atoms with E-state index >= 15 is 0 Å². The second kappa shape index (κ2) is 3.11. The minimum absolute atomic E-state index is 0.142. The van der Waals surface area contributed by atoms with Crippen LogP contribution >= 0.6 is 11.6 Å². The molecular weight excluding hydrogens is 164 g/mol. The predicted molar refractivity (Wildman–Crippen MR) is 43.7 cm³/mol. The molecule has 2 nitrogen and oxygen atoms in total. The molecule has 1 aliphatic rings. The van der Waals surface area contributed by atoms with Crippen molar-refractivity contribution in [3.8, 4) is 0 Å². The van der Waals surface area contributed by atoms with E-state index in [1.165, 1.54) is 0 Å². The van der Waals surface area contributed by atoms with Gasteiger partial charge in [0.1, 0.15) is 5.78 Å². The maximum atomic E-state index is 11.2. The van der Waals surface area contributed by atoms with Crippen LogP contribution in [0.25, 0.3) is 0 Å². The Morgan fingerprint density at radius 1 is 1.82 bits per heavy atom. The molecule has 0 radical (unpaired) electrons. The fraction of sp³-hybridized carbons (Fsp3) is 0.875. The first kappa shape index (κ1) is 9.01. The molecule has 1 aliphatic carbocycles. The molecule has 0 aliphatic heterocycles. The lowest BCUT2D eigenvalue weighted by molar-refractivity contribution is -0.126. The van der Waals surface area contributed by atoms with Crippen molar-refractivity contribution < 1.29 is 9.90 Å². The Balaban J connectivity index is 2.65. The summed E-state index contributed by atoms with van der Waals surface area (Å²) in [6.45, 7) is 1.63. The van der Waals surface area contributed by atoms with E-state index in [1.54, 1.807) is 6.92 Å². The highest BCUT2D eigenvalue weighted by molar-refractivity contribution is 6.18. The number of rotatable bonds is 2. The third kappa shape index (κ3) is 1.74. The molecule has 11 heavy (non-hydrogen) atoms. The van der Waals surface area contributed by atoms with E-state index in [2.05, 4.69) is 0 Å². The van der Waals surface area contributed by atoms with Gasteiger partial charge in [-0.25, -0.2) is 0 Å². The van der Waals surface area contributed by atoms with Gasteiger partial charge in [0.05, 0.1) is 11.5 Å².